The highest BCUT2D eigenvalue weighted by Crippen LogP contribution is 2.26. The summed E-state index contributed by atoms with van der Waals surface area (Å²) in [6, 6.07) is 5.15. The molecule has 1 aromatic carbocycles. The predicted octanol–water partition coefficient (Wildman–Crippen LogP) is 1.57. The van der Waals surface area contributed by atoms with E-state index in [4.69, 9.17) is 14.6 Å². The Balaban J connectivity index is 2.96. The fourth-order valence-electron chi connectivity index (χ4n) is 1.73. The van der Waals surface area contributed by atoms with Crippen molar-refractivity contribution in [2.45, 2.75) is 25.8 Å². The van der Waals surface area contributed by atoms with Crippen LogP contribution in [0.25, 0.3) is 0 Å². The first-order valence-electron chi connectivity index (χ1n) is 6.45. The first-order chi connectivity index (χ1) is 9.73. The van der Waals surface area contributed by atoms with Gasteiger partial charge in [0.2, 0.25) is 5.91 Å². The van der Waals surface area contributed by atoms with Gasteiger partial charge in [0, 0.05) is 18.7 Å². The number of carbonyl (C=O) groups is 2. The summed E-state index contributed by atoms with van der Waals surface area (Å²) in [5.41, 5.74) is -0.590. The van der Waals surface area contributed by atoms with Gasteiger partial charge in [-0.2, -0.15) is 0 Å². The molecule has 0 bridgehead atoms. The predicted molar refractivity (Wildman–Crippen MR) is 77.7 cm³/mol. The number of methoxy groups -OCH3 is 2. The molecule has 0 aliphatic carbocycles. The molecule has 0 aromatic heterocycles. The van der Waals surface area contributed by atoms with Crippen LogP contribution in [0.4, 0.5) is 0 Å². The average molecular weight is 295 g/mol. The SMILES string of the molecule is COc1ccc(CC(=O)N(C)C(C)(C)C(=O)O)c(OC)c1. The first kappa shape index (κ1) is 16.8. The fourth-order valence-corrected chi connectivity index (χ4v) is 1.73. The lowest BCUT2D eigenvalue weighted by Gasteiger charge is -2.31. The van der Waals surface area contributed by atoms with Crippen LogP contribution >= 0.6 is 0 Å². The van der Waals surface area contributed by atoms with Gasteiger partial charge in [0.25, 0.3) is 0 Å². The molecule has 0 atom stereocenters. The highest BCUT2D eigenvalue weighted by molar-refractivity contribution is 5.87. The van der Waals surface area contributed by atoms with Crippen LogP contribution in [-0.4, -0.2) is 48.7 Å². The second-order valence-corrected chi connectivity index (χ2v) is 5.17. The zero-order valence-electron chi connectivity index (χ0n) is 13.0. The lowest BCUT2D eigenvalue weighted by Crippen LogP contribution is -2.51. The Bertz CT molecular complexity index is 539. The molecule has 116 valence electrons. The van der Waals surface area contributed by atoms with Crippen LogP contribution in [-0.2, 0) is 16.0 Å². The maximum atomic E-state index is 12.3. The zero-order chi connectivity index (χ0) is 16.2. The topological polar surface area (TPSA) is 76.1 Å². The van der Waals surface area contributed by atoms with Crippen molar-refractivity contribution in [3.8, 4) is 11.5 Å². The van der Waals surface area contributed by atoms with Gasteiger partial charge >= 0.3 is 5.97 Å². The van der Waals surface area contributed by atoms with E-state index in [1.807, 2.05) is 0 Å². The van der Waals surface area contributed by atoms with Gasteiger partial charge in [-0.3, -0.25) is 4.79 Å². The second kappa shape index (κ2) is 6.47. The summed E-state index contributed by atoms with van der Waals surface area (Å²) >= 11 is 0. The number of nitrogens with zero attached hydrogens (tertiary/aromatic N) is 1. The molecule has 1 amide bonds. The van der Waals surface area contributed by atoms with Gasteiger partial charge in [-0.05, 0) is 19.9 Å². The van der Waals surface area contributed by atoms with Crippen LogP contribution in [0, 0.1) is 0 Å². The van der Waals surface area contributed by atoms with E-state index in [9.17, 15) is 9.59 Å². The van der Waals surface area contributed by atoms with Crippen molar-refractivity contribution in [3.05, 3.63) is 23.8 Å². The van der Waals surface area contributed by atoms with Crippen LogP contribution in [0.3, 0.4) is 0 Å². The Morgan fingerprint density at radius 1 is 1.24 bits per heavy atom. The van der Waals surface area contributed by atoms with Crippen molar-refractivity contribution in [3.63, 3.8) is 0 Å². The van der Waals surface area contributed by atoms with Gasteiger partial charge in [0.1, 0.15) is 17.0 Å². The Morgan fingerprint density at radius 2 is 1.86 bits per heavy atom. The van der Waals surface area contributed by atoms with E-state index in [2.05, 4.69) is 0 Å². The molecule has 0 saturated carbocycles. The Morgan fingerprint density at radius 3 is 2.33 bits per heavy atom. The fraction of sp³-hybridized carbons (Fsp3) is 0.467. The normalized spacial score (nSPS) is 10.9. The maximum Gasteiger partial charge on any atom is 0.329 e. The first-order valence-corrected chi connectivity index (χ1v) is 6.45. The molecular weight excluding hydrogens is 274 g/mol. The van der Waals surface area contributed by atoms with Crippen LogP contribution in [0.1, 0.15) is 19.4 Å². The molecule has 1 N–H and O–H groups in total. The van der Waals surface area contributed by atoms with Crippen molar-refractivity contribution in [2.75, 3.05) is 21.3 Å². The molecule has 0 heterocycles. The van der Waals surface area contributed by atoms with Crippen molar-refractivity contribution in [1.82, 2.24) is 4.90 Å². The number of aliphatic carboxylic acids is 1. The van der Waals surface area contributed by atoms with Gasteiger partial charge in [-0.15, -0.1) is 0 Å². The largest absolute Gasteiger partial charge is 0.497 e. The van der Waals surface area contributed by atoms with Gasteiger partial charge in [0.05, 0.1) is 20.6 Å². The standard InChI is InChI=1S/C15H21NO5/c1-15(2,14(18)19)16(3)13(17)8-10-6-7-11(20-4)9-12(10)21-5/h6-7,9H,8H2,1-5H3,(H,18,19). The number of amides is 1. The third-order valence-electron chi connectivity index (χ3n) is 3.57. The van der Waals surface area contributed by atoms with E-state index in [0.29, 0.717) is 17.1 Å². The molecule has 0 aliphatic rings. The lowest BCUT2D eigenvalue weighted by atomic mass is 10.0. The summed E-state index contributed by atoms with van der Waals surface area (Å²) in [5, 5.41) is 9.16. The summed E-state index contributed by atoms with van der Waals surface area (Å²) in [7, 11) is 4.53. The number of hydrogen-bond acceptors (Lipinski definition) is 4. The van der Waals surface area contributed by atoms with Crippen molar-refractivity contribution in [1.29, 1.82) is 0 Å². The number of benzene rings is 1. The summed E-state index contributed by atoms with van der Waals surface area (Å²) in [5.74, 6) is -0.197. The number of hydrogen-bond donors (Lipinski definition) is 1. The number of likely N-dealkylation sites (N-methyl/N-ethyl adjacent to an activating group) is 1. The molecule has 1 aromatic rings. The number of carboxylic acids is 1. The number of rotatable bonds is 6. The van der Waals surface area contributed by atoms with Gasteiger partial charge in [-0.25, -0.2) is 4.79 Å². The van der Waals surface area contributed by atoms with Crippen LogP contribution in [0.5, 0.6) is 11.5 Å². The van der Waals surface area contributed by atoms with Gasteiger partial charge in [0.15, 0.2) is 0 Å². The third-order valence-corrected chi connectivity index (χ3v) is 3.57. The number of carboxylic acid groups (broad SMARTS) is 1. The second-order valence-electron chi connectivity index (χ2n) is 5.17. The Kier molecular flexibility index (Phi) is 5.18. The molecule has 21 heavy (non-hydrogen) atoms. The molecule has 0 aliphatic heterocycles. The molecule has 0 spiro atoms. The maximum absolute atomic E-state index is 12.3. The van der Waals surface area contributed by atoms with Crippen LogP contribution in [0.15, 0.2) is 18.2 Å². The van der Waals surface area contributed by atoms with E-state index >= 15 is 0 Å². The van der Waals surface area contributed by atoms with Gasteiger partial charge in [-0.1, -0.05) is 6.07 Å². The van der Waals surface area contributed by atoms with E-state index in [-0.39, 0.29) is 12.3 Å². The number of carbonyl (C=O) groups excluding carboxylic acids is 1. The summed E-state index contributed by atoms with van der Waals surface area (Å²) in [6.45, 7) is 2.97. The van der Waals surface area contributed by atoms with Crippen LogP contribution in [0.2, 0.25) is 0 Å². The monoisotopic (exact) mass is 295 g/mol. The zero-order valence-corrected chi connectivity index (χ0v) is 13.0. The quantitative estimate of drug-likeness (QED) is 0.862. The number of ether oxygens (including phenoxy) is 2. The van der Waals surface area contributed by atoms with E-state index in [1.165, 1.54) is 32.9 Å². The molecule has 0 radical (unpaired) electrons. The molecule has 6 heteroatoms. The molecule has 6 nitrogen and oxygen atoms in total. The molecule has 0 saturated heterocycles. The third kappa shape index (κ3) is 3.65. The summed E-state index contributed by atoms with van der Waals surface area (Å²) in [4.78, 5) is 24.7. The average Bonchev–Trinajstić information content (AvgIpc) is 2.46. The van der Waals surface area contributed by atoms with Crippen LogP contribution < -0.4 is 9.47 Å². The highest BCUT2D eigenvalue weighted by atomic mass is 16.5. The van der Waals surface area contributed by atoms with Crippen molar-refractivity contribution >= 4 is 11.9 Å². The Labute approximate surface area is 124 Å². The van der Waals surface area contributed by atoms with E-state index in [0.717, 1.165) is 0 Å². The minimum Gasteiger partial charge on any atom is -0.497 e. The lowest BCUT2D eigenvalue weighted by molar-refractivity contribution is -0.155. The van der Waals surface area contributed by atoms with E-state index < -0.39 is 11.5 Å². The summed E-state index contributed by atoms with van der Waals surface area (Å²) in [6.07, 6.45) is 0.0559. The highest BCUT2D eigenvalue weighted by Gasteiger charge is 2.35. The van der Waals surface area contributed by atoms with Gasteiger partial charge < -0.3 is 19.5 Å². The van der Waals surface area contributed by atoms with Crippen molar-refractivity contribution < 1.29 is 24.2 Å². The molecule has 0 fully saturated rings. The van der Waals surface area contributed by atoms with E-state index in [1.54, 1.807) is 25.3 Å². The smallest absolute Gasteiger partial charge is 0.329 e. The minimum atomic E-state index is -1.27. The summed E-state index contributed by atoms with van der Waals surface area (Å²) < 4.78 is 10.3. The van der Waals surface area contributed by atoms with Crippen molar-refractivity contribution in [2.24, 2.45) is 0 Å². The Hall–Kier alpha value is -2.24. The molecular formula is C15H21NO5. The molecule has 0 unspecified atom stereocenters. The minimum absolute atomic E-state index is 0.0559. The molecule has 1 rings (SSSR count).